The second kappa shape index (κ2) is 14.8. The molecule has 206 valence electrons. The summed E-state index contributed by atoms with van der Waals surface area (Å²) in [5, 5.41) is 19.9. The van der Waals surface area contributed by atoms with Crippen LogP contribution in [0.3, 0.4) is 0 Å². The molecular weight excluding hydrogens is 494 g/mol. The van der Waals surface area contributed by atoms with Crippen molar-refractivity contribution in [2.24, 2.45) is 11.7 Å². The van der Waals surface area contributed by atoms with Gasteiger partial charge in [0.05, 0.1) is 18.2 Å². The van der Waals surface area contributed by atoms with E-state index in [0.717, 1.165) is 11.1 Å². The van der Waals surface area contributed by atoms with Gasteiger partial charge in [0.2, 0.25) is 11.8 Å². The van der Waals surface area contributed by atoms with E-state index in [1.165, 1.54) is 6.20 Å². The highest BCUT2D eigenvalue weighted by atomic mass is 16.3. The van der Waals surface area contributed by atoms with Gasteiger partial charge in [0.25, 0.3) is 5.91 Å². The Balaban J connectivity index is 1.72. The van der Waals surface area contributed by atoms with Gasteiger partial charge in [0, 0.05) is 12.7 Å². The highest BCUT2D eigenvalue weighted by Gasteiger charge is 2.30. The van der Waals surface area contributed by atoms with Gasteiger partial charge in [-0.1, -0.05) is 80.6 Å². The quantitative estimate of drug-likeness (QED) is 0.214. The molecule has 0 saturated carbocycles. The largest absolute Gasteiger partial charge is 0.390 e. The number of rotatable bonds is 14. The van der Waals surface area contributed by atoms with Crippen LogP contribution in [-0.2, 0) is 22.4 Å². The zero-order chi connectivity index (χ0) is 28.2. The van der Waals surface area contributed by atoms with E-state index in [1.807, 2.05) is 74.5 Å². The number of amides is 3. The van der Waals surface area contributed by atoms with Gasteiger partial charge in [0.1, 0.15) is 11.7 Å². The molecule has 1 heterocycles. The first-order valence-corrected chi connectivity index (χ1v) is 13.1. The lowest BCUT2D eigenvalue weighted by molar-refractivity contribution is -0.125. The summed E-state index contributed by atoms with van der Waals surface area (Å²) in [5.41, 5.74) is 7.67. The Morgan fingerprint density at radius 2 is 1.44 bits per heavy atom. The number of nitrogens with zero attached hydrogens (tertiary/aromatic N) is 1. The number of hydrogen-bond acceptors (Lipinski definition) is 6. The normalized spacial score (nSPS) is 14.2. The van der Waals surface area contributed by atoms with Crippen molar-refractivity contribution in [2.45, 2.75) is 50.9 Å². The monoisotopic (exact) mass is 531 g/mol. The Labute approximate surface area is 229 Å². The standard InChI is InChI=1S/C30H37N5O4/c1-20(2)27(35-29(38)23-15-9-10-16-32-23)30(39)34-24(17-21-11-5-3-6-12-21)26(36)19-33-25(28(31)37)18-22-13-7-4-8-14-22/h3-16,20,24-27,33,36H,17-19H2,1-2H3,(H2,31,37)(H,34,39)(H,35,38)/t24-,25+,26-,27-/m0/s1. The number of nitrogens with two attached hydrogens (primary N) is 1. The van der Waals surface area contributed by atoms with Crippen molar-refractivity contribution in [1.82, 2.24) is 20.9 Å². The van der Waals surface area contributed by atoms with Gasteiger partial charge >= 0.3 is 0 Å². The number of aliphatic hydroxyl groups is 1. The molecule has 9 heteroatoms. The number of nitrogens with one attached hydrogen (secondary N) is 3. The predicted octanol–water partition coefficient (Wildman–Crippen LogP) is 1.61. The molecule has 6 N–H and O–H groups in total. The molecule has 0 bridgehead atoms. The van der Waals surface area contributed by atoms with E-state index >= 15 is 0 Å². The Hall–Kier alpha value is -4.08. The number of aromatic nitrogens is 1. The fourth-order valence-corrected chi connectivity index (χ4v) is 4.20. The molecule has 9 nitrogen and oxygen atoms in total. The molecule has 39 heavy (non-hydrogen) atoms. The molecule has 0 fully saturated rings. The minimum absolute atomic E-state index is 0.0187. The summed E-state index contributed by atoms with van der Waals surface area (Å²) in [6, 6.07) is 21.6. The molecule has 3 amide bonds. The van der Waals surface area contributed by atoms with Crippen LogP contribution in [0.1, 0.15) is 35.5 Å². The maximum absolute atomic E-state index is 13.4. The van der Waals surface area contributed by atoms with Crippen molar-refractivity contribution in [3.05, 3.63) is 102 Å². The van der Waals surface area contributed by atoms with E-state index in [2.05, 4.69) is 20.9 Å². The summed E-state index contributed by atoms with van der Waals surface area (Å²) in [4.78, 5) is 42.3. The summed E-state index contributed by atoms with van der Waals surface area (Å²) in [6.45, 7) is 3.67. The molecule has 3 rings (SSSR count). The first kappa shape index (κ1) is 29.5. The lowest BCUT2D eigenvalue weighted by Gasteiger charge is -2.29. The molecule has 0 unspecified atom stereocenters. The lowest BCUT2D eigenvalue weighted by atomic mass is 9.98. The number of carbonyl (C=O) groups is 3. The molecule has 4 atom stereocenters. The van der Waals surface area contributed by atoms with Crippen LogP contribution in [0.4, 0.5) is 0 Å². The minimum Gasteiger partial charge on any atom is -0.390 e. The van der Waals surface area contributed by atoms with Crippen molar-refractivity contribution in [2.75, 3.05) is 6.54 Å². The molecule has 0 aliphatic heterocycles. The van der Waals surface area contributed by atoms with Gasteiger partial charge in [0.15, 0.2) is 0 Å². The zero-order valence-electron chi connectivity index (χ0n) is 22.3. The zero-order valence-corrected chi connectivity index (χ0v) is 22.3. The molecule has 0 aliphatic carbocycles. The highest BCUT2D eigenvalue weighted by Crippen LogP contribution is 2.10. The fourth-order valence-electron chi connectivity index (χ4n) is 4.20. The van der Waals surface area contributed by atoms with Crippen molar-refractivity contribution in [3.8, 4) is 0 Å². The number of primary amides is 1. The van der Waals surface area contributed by atoms with Crippen molar-refractivity contribution < 1.29 is 19.5 Å². The van der Waals surface area contributed by atoms with E-state index < -0.39 is 42.0 Å². The Kier molecular flexibility index (Phi) is 11.1. The average Bonchev–Trinajstić information content (AvgIpc) is 2.94. The third kappa shape index (κ3) is 9.31. The fraction of sp³-hybridized carbons (Fsp3) is 0.333. The van der Waals surface area contributed by atoms with Gasteiger partial charge in [-0.25, -0.2) is 0 Å². The molecule has 2 aromatic carbocycles. The maximum Gasteiger partial charge on any atom is 0.270 e. The van der Waals surface area contributed by atoms with Gasteiger partial charge in [-0.2, -0.15) is 0 Å². The molecule has 0 aliphatic rings. The molecule has 0 spiro atoms. The van der Waals surface area contributed by atoms with Crippen LogP contribution in [0.25, 0.3) is 0 Å². The van der Waals surface area contributed by atoms with Gasteiger partial charge in [-0.15, -0.1) is 0 Å². The van der Waals surface area contributed by atoms with E-state index in [4.69, 9.17) is 5.73 Å². The number of benzene rings is 2. The van der Waals surface area contributed by atoms with Crippen molar-refractivity contribution in [3.63, 3.8) is 0 Å². The van der Waals surface area contributed by atoms with Crippen molar-refractivity contribution >= 4 is 17.7 Å². The Morgan fingerprint density at radius 1 is 0.846 bits per heavy atom. The number of hydrogen-bond donors (Lipinski definition) is 5. The third-order valence-electron chi connectivity index (χ3n) is 6.42. The predicted molar refractivity (Wildman–Crippen MR) is 150 cm³/mol. The lowest BCUT2D eigenvalue weighted by Crippen LogP contribution is -2.57. The SMILES string of the molecule is CC(C)[C@H](NC(=O)c1ccccn1)C(=O)N[C@@H](Cc1ccccc1)[C@@H](O)CN[C@H](Cc1ccccc1)C(N)=O. The number of aliphatic hydroxyl groups excluding tert-OH is 1. The topological polar surface area (TPSA) is 146 Å². The summed E-state index contributed by atoms with van der Waals surface area (Å²) < 4.78 is 0. The molecule has 3 aromatic rings. The van der Waals surface area contributed by atoms with E-state index in [0.29, 0.717) is 12.8 Å². The van der Waals surface area contributed by atoms with Crippen LogP contribution >= 0.6 is 0 Å². The van der Waals surface area contributed by atoms with Gasteiger partial charge < -0.3 is 26.8 Å². The first-order valence-electron chi connectivity index (χ1n) is 13.1. The average molecular weight is 532 g/mol. The summed E-state index contributed by atoms with van der Waals surface area (Å²) in [7, 11) is 0. The molecule has 0 saturated heterocycles. The second-order valence-electron chi connectivity index (χ2n) is 9.84. The Bertz CT molecular complexity index is 1190. The van der Waals surface area contributed by atoms with Crippen LogP contribution in [0, 0.1) is 5.92 Å². The van der Waals surface area contributed by atoms with Crippen LogP contribution in [0.2, 0.25) is 0 Å². The number of pyridine rings is 1. The van der Waals surface area contributed by atoms with Crippen molar-refractivity contribution in [1.29, 1.82) is 0 Å². The highest BCUT2D eigenvalue weighted by molar-refractivity contribution is 5.96. The third-order valence-corrected chi connectivity index (χ3v) is 6.42. The van der Waals surface area contributed by atoms with E-state index in [9.17, 15) is 19.5 Å². The first-order chi connectivity index (χ1) is 18.7. The van der Waals surface area contributed by atoms with Crippen LogP contribution in [0.15, 0.2) is 85.1 Å². The maximum atomic E-state index is 13.4. The van der Waals surface area contributed by atoms with Crippen LogP contribution in [0.5, 0.6) is 0 Å². The molecule has 0 radical (unpaired) electrons. The van der Waals surface area contributed by atoms with Gasteiger partial charge in [-0.05, 0) is 42.0 Å². The van der Waals surface area contributed by atoms with Gasteiger partial charge in [-0.3, -0.25) is 19.4 Å². The molecular formula is C30H37N5O4. The van der Waals surface area contributed by atoms with E-state index in [-0.39, 0.29) is 18.2 Å². The Morgan fingerprint density at radius 3 is 1.97 bits per heavy atom. The second-order valence-corrected chi connectivity index (χ2v) is 9.84. The summed E-state index contributed by atoms with van der Waals surface area (Å²) in [5.74, 6) is -1.65. The smallest absolute Gasteiger partial charge is 0.270 e. The van der Waals surface area contributed by atoms with E-state index in [1.54, 1.807) is 18.2 Å². The van der Waals surface area contributed by atoms with Crippen LogP contribution in [-0.4, -0.2) is 58.6 Å². The molecule has 1 aromatic heterocycles. The van der Waals surface area contributed by atoms with Crippen LogP contribution < -0.4 is 21.7 Å². The minimum atomic E-state index is -1.05. The number of carbonyl (C=O) groups excluding carboxylic acids is 3. The summed E-state index contributed by atoms with van der Waals surface area (Å²) in [6.07, 6.45) is 1.17. The summed E-state index contributed by atoms with van der Waals surface area (Å²) >= 11 is 0.